The second kappa shape index (κ2) is 6.45. The number of hydrogen-bond acceptors (Lipinski definition) is 3. The first-order valence-electron chi connectivity index (χ1n) is 5.64. The number of thiocarbonyl (C=S) groups is 1. The average molecular weight is 253 g/mol. The van der Waals surface area contributed by atoms with E-state index in [0.29, 0.717) is 23.3 Å². The maximum absolute atomic E-state index is 5.65. The molecule has 0 unspecified atom stereocenters. The minimum atomic E-state index is 0.345. The molecule has 4 heteroatoms. The monoisotopic (exact) mass is 253 g/mol. The molecule has 1 rings (SSSR count). The van der Waals surface area contributed by atoms with Crippen molar-refractivity contribution in [3.05, 3.63) is 23.8 Å². The third-order valence-corrected chi connectivity index (χ3v) is 2.60. The lowest BCUT2D eigenvalue weighted by Crippen LogP contribution is -2.10. The molecule has 0 fully saturated rings. The number of rotatable bonds is 6. The molecule has 0 aliphatic rings. The van der Waals surface area contributed by atoms with Crippen LogP contribution in [0.25, 0.3) is 0 Å². The molecule has 0 saturated carbocycles. The molecule has 2 N–H and O–H groups in total. The minimum Gasteiger partial charge on any atom is -0.497 e. The Hall–Kier alpha value is -1.29. The van der Waals surface area contributed by atoms with E-state index in [-0.39, 0.29) is 0 Å². The SMILES string of the molecule is COc1cc(OCCC(C)C)cc(C(N)=S)c1. The molecule has 3 nitrogen and oxygen atoms in total. The van der Waals surface area contributed by atoms with Gasteiger partial charge in [-0.2, -0.15) is 0 Å². The Morgan fingerprint density at radius 3 is 2.47 bits per heavy atom. The van der Waals surface area contributed by atoms with Gasteiger partial charge in [0.2, 0.25) is 0 Å². The van der Waals surface area contributed by atoms with Crippen LogP contribution in [0.2, 0.25) is 0 Å². The Balaban J connectivity index is 2.76. The summed E-state index contributed by atoms with van der Waals surface area (Å²) in [5.41, 5.74) is 6.37. The lowest BCUT2D eigenvalue weighted by Gasteiger charge is -2.11. The van der Waals surface area contributed by atoms with Crippen LogP contribution in [0.15, 0.2) is 18.2 Å². The summed E-state index contributed by atoms with van der Waals surface area (Å²) in [6.45, 7) is 5.01. The van der Waals surface area contributed by atoms with Gasteiger partial charge in [-0.1, -0.05) is 26.1 Å². The molecule has 0 aromatic heterocycles. The number of benzene rings is 1. The zero-order valence-corrected chi connectivity index (χ0v) is 11.3. The number of methoxy groups -OCH3 is 1. The van der Waals surface area contributed by atoms with E-state index in [4.69, 9.17) is 27.4 Å². The Morgan fingerprint density at radius 1 is 1.29 bits per heavy atom. The molecule has 0 heterocycles. The highest BCUT2D eigenvalue weighted by Crippen LogP contribution is 2.23. The van der Waals surface area contributed by atoms with Crippen molar-refractivity contribution in [2.75, 3.05) is 13.7 Å². The second-order valence-corrected chi connectivity index (χ2v) is 4.73. The van der Waals surface area contributed by atoms with Crippen LogP contribution in [-0.2, 0) is 0 Å². The van der Waals surface area contributed by atoms with Gasteiger partial charge in [-0.15, -0.1) is 0 Å². The molecule has 0 saturated heterocycles. The van der Waals surface area contributed by atoms with E-state index in [2.05, 4.69) is 13.8 Å². The maximum Gasteiger partial charge on any atom is 0.123 e. The van der Waals surface area contributed by atoms with Crippen molar-refractivity contribution in [3.63, 3.8) is 0 Å². The fraction of sp³-hybridized carbons (Fsp3) is 0.462. The van der Waals surface area contributed by atoms with E-state index in [1.54, 1.807) is 13.2 Å². The van der Waals surface area contributed by atoms with Crippen molar-refractivity contribution in [2.45, 2.75) is 20.3 Å². The molecule has 0 aliphatic carbocycles. The zero-order chi connectivity index (χ0) is 12.8. The van der Waals surface area contributed by atoms with Crippen LogP contribution in [-0.4, -0.2) is 18.7 Å². The van der Waals surface area contributed by atoms with Gasteiger partial charge in [0.1, 0.15) is 16.5 Å². The van der Waals surface area contributed by atoms with Gasteiger partial charge < -0.3 is 15.2 Å². The standard InChI is InChI=1S/C13H19NO2S/c1-9(2)4-5-16-12-7-10(13(14)17)6-11(8-12)15-3/h6-9H,4-5H2,1-3H3,(H2,14,17). The van der Waals surface area contributed by atoms with Gasteiger partial charge in [0.05, 0.1) is 13.7 Å². The molecule has 0 spiro atoms. The van der Waals surface area contributed by atoms with E-state index in [1.165, 1.54) is 0 Å². The van der Waals surface area contributed by atoms with Crippen molar-refractivity contribution in [3.8, 4) is 11.5 Å². The highest BCUT2D eigenvalue weighted by Gasteiger charge is 2.05. The molecule has 0 radical (unpaired) electrons. The fourth-order valence-electron chi connectivity index (χ4n) is 1.33. The summed E-state index contributed by atoms with van der Waals surface area (Å²) in [6.07, 6.45) is 1.01. The van der Waals surface area contributed by atoms with Gasteiger partial charge in [0.15, 0.2) is 0 Å². The van der Waals surface area contributed by atoms with E-state index in [9.17, 15) is 0 Å². The van der Waals surface area contributed by atoms with Crippen molar-refractivity contribution < 1.29 is 9.47 Å². The second-order valence-electron chi connectivity index (χ2n) is 4.29. The van der Waals surface area contributed by atoms with Gasteiger partial charge in [-0.25, -0.2) is 0 Å². The lowest BCUT2D eigenvalue weighted by atomic mass is 10.1. The smallest absolute Gasteiger partial charge is 0.123 e. The third-order valence-electron chi connectivity index (χ3n) is 2.36. The van der Waals surface area contributed by atoms with Crippen molar-refractivity contribution in [1.82, 2.24) is 0 Å². The van der Waals surface area contributed by atoms with Gasteiger partial charge in [0, 0.05) is 11.6 Å². The molecular formula is C13H19NO2S. The quantitative estimate of drug-likeness (QED) is 0.792. The molecule has 0 atom stereocenters. The van der Waals surface area contributed by atoms with E-state index < -0.39 is 0 Å². The highest BCUT2D eigenvalue weighted by molar-refractivity contribution is 7.80. The number of nitrogens with two attached hydrogens (primary N) is 1. The van der Waals surface area contributed by atoms with Gasteiger partial charge in [0.25, 0.3) is 0 Å². The Kier molecular flexibility index (Phi) is 5.22. The van der Waals surface area contributed by atoms with Crippen LogP contribution in [0.3, 0.4) is 0 Å². The van der Waals surface area contributed by atoms with Crippen LogP contribution < -0.4 is 15.2 Å². The summed E-state index contributed by atoms with van der Waals surface area (Å²) in [6, 6.07) is 5.48. The predicted molar refractivity (Wildman–Crippen MR) is 73.8 cm³/mol. The van der Waals surface area contributed by atoms with E-state index in [0.717, 1.165) is 17.7 Å². The van der Waals surface area contributed by atoms with Crippen LogP contribution in [0.5, 0.6) is 11.5 Å². The summed E-state index contributed by atoms with van der Waals surface area (Å²) in [7, 11) is 1.61. The van der Waals surface area contributed by atoms with Crippen LogP contribution in [0.1, 0.15) is 25.8 Å². The molecule has 94 valence electrons. The highest BCUT2D eigenvalue weighted by atomic mass is 32.1. The van der Waals surface area contributed by atoms with E-state index in [1.807, 2.05) is 12.1 Å². The normalized spacial score (nSPS) is 10.4. The molecule has 0 aliphatic heterocycles. The zero-order valence-electron chi connectivity index (χ0n) is 10.5. The summed E-state index contributed by atoms with van der Waals surface area (Å²) in [5, 5.41) is 0. The van der Waals surface area contributed by atoms with Crippen LogP contribution in [0.4, 0.5) is 0 Å². The van der Waals surface area contributed by atoms with Crippen LogP contribution in [0, 0.1) is 5.92 Å². The molecule has 0 amide bonds. The van der Waals surface area contributed by atoms with Gasteiger partial charge in [-0.05, 0) is 24.5 Å². The lowest BCUT2D eigenvalue weighted by molar-refractivity contribution is 0.287. The van der Waals surface area contributed by atoms with E-state index >= 15 is 0 Å². The van der Waals surface area contributed by atoms with Crippen molar-refractivity contribution in [1.29, 1.82) is 0 Å². The van der Waals surface area contributed by atoms with Gasteiger partial charge >= 0.3 is 0 Å². The Labute approximate surface area is 108 Å². The molecular weight excluding hydrogens is 234 g/mol. The third kappa shape index (κ3) is 4.61. The summed E-state index contributed by atoms with van der Waals surface area (Å²) in [4.78, 5) is 0.345. The first-order chi connectivity index (χ1) is 8.02. The summed E-state index contributed by atoms with van der Waals surface area (Å²) in [5.74, 6) is 2.07. The maximum atomic E-state index is 5.65. The van der Waals surface area contributed by atoms with Crippen LogP contribution >= 0.6 is 12.2 Å². The van der Waals surface area contributed by atoms with Gasteiger partial charge in [-0.3, -0.25) is 0 Å². The molecule has 17 heavy (non-hydrogen) atoms. The molecule has 1 aromatic rings. The first kappa shape index (κ1) is 13.8. The number of hydrogen-bond donors (Lipinski definition) is 1. The molecule has 0 bridgehead atoms. The topological polar surface area (TPSA) is 44.5 Å². The van der Waals surface area contributed by atoms with Crippen molar-refractivity contribution in [2.24, 2.45) is 11.7 Å². The summed E-state index contributed by atoms with van der Waals surface area (Å²) >= 11 is 4.95. The fourth-order valence-corrected chi connectivity index (χ4v) is 1.45. The summed E-state index contributed by atoms with van der Waals surface area (Å²) < 4.78 is 10.8. The minimum absolute atomic E-state index is 0.345. The predicted octanol–water partition coefficient (Wildman–Crippen LogP) is 2.75. The van der Waals surface area contributed by atoms with Crippen molar-refractivity contribution >= 4 is 17.2 Å². The molecule has 1 aromatic carbocycles. The first-order valence-corrected chi connectivity index (χ1v) is 6.05. The average Bonchev–Trinajstić information content (AvgIpc) is 2.28. The number of ether oxygens (including phenoxy) is 2. The Morgan fingerprint density at radius 2 is 1.94 bits per heavy atom. The largest absolute Gasteiger partial charge is 0.497 e. The Bertz CT molecular complexity index is 391.